The van der Waals surface area contributed by atoms with E-state index in [0.717, 1.165) is 18.5 Å². The van der Waals surface area contributed by atoms with Gasteiger partial charge >= 0.3 is 0 Å². The molecular weight excluding hydrogens is 462 g/mol. The van der Waals surface area contributed by atoms with Gasteiger partial charge in [-0.25, -0.2) is 4.39 Å². The molecule has 0 spiro atoms. The Morgan fingerprint density at radius 3 is 2.33 bits per heavy atom. The molecule has 33 heavy (non-hydrogen) atoms. The van der Waals surface area contributed by atoms with Crippen LogP contribution in [-0.2, 0) is 9.63 Å². The van der Waals surface area contributed by atoms with E-state index in [1.54, 1.807) is 6.07 Å². The third kappa shape index (κ3) is 5.44. The lowest BCUT2D eigenvalue weighted by Gasteiger charge is -2.13. The van der Waals surface area contributed by atoms with E-state index < -0.39 is 29.3 Å². The molecule has 0 radical (unpaired) electrons. The highest BCUT2D eigenvalue weighted by atomic mass is 35.5. The maximum Gasteiger partial charge on any atom is 0.273 e. The molecular formula is C21H17ClF2N4O5. The normalized spacial score (nSPS) is 11.0. The van der Waals surface area contributed by atoms with Crippen LogP contribution in [-0.4, -0.2) is 42.9 Å². The second-order valence-electron chi connectivity index (χ2n) is 6.14. The average molecular weight is 479 g/mol. The number of benzene rings is 2. The van der Waals surface area contributed by atoms with Crippen LogP contribution in [0.5, 0.6) is 29.0 Å². The highest BCUT2D eigenvalue weighted by Crippen LogP contribution is 2.35. The molecule has 0 atom stereocenters. The molecule has 9 nitrogen and oxygen atoms in total. The molecule has 1 heterocycles. The van der Waals surface area contributed by atoms with E-state index in [-0.39, 0.29) is 27.8 Å². The summed E-state index contributed by atoms with van der Waals surface area (Å²) in [5.41, 5.74) is -0.206. The molecule has 3 rings (SSSR count). The van der Waals surface area contributed by atoms with Crippen molar-refractivity contribution in [2.24, 2.45) is 5.16 Å². The minimum Gasteiger partial charge on any atom is -0.497 e. The van der Waals surface area contributed by atoms with Crippen LogP contribution in [0.2, 0.25) is 5.02 Å². The number of aromatic nitrogens is 2. The summed E-state index contributed by atoms with van der Waals surface area (Å²) in [5, 5.41) is 6.16. The van der Waals surface area contributed by atoms with Crippen molar-refractivity contribution in [2.45, 2.75) is 0 Å². The summed E-state index contributed by atoms with van der Waals surface area (Å²) in [5.74, 6) is -3.21. The van der Waals surface area contributed by atoms with E-state index >= 15 is 4.39 Å². The van der Waals surface area contributed by atoms with Gasteiger partial charge in [-0.15, -0.1) is 0 Å². The van der Waals surface area contributed by atoms with Crippen molar-refractivity contribution >= 4 is 23.2 Å². The first-order valence-corrected chi connectivity index (χ1v) is 9.58. The van der Waals surface area contributed by atoms with E-state index in [4.69, 9.17) is 30.6 Å². The van der Waals surface area contributed by atoms with Gasteiger partial charge in [0, 0.05) is 19.2 Å². The monoisotopic (exact) mass is 478 g/mol. The Bertz CT molecular complexity index is 1210. The fraction of sp³-hybridized carbons (Fsp3) is 0.143. The van der Waals surface area contributed by atoms with Crippen LogP contribution in [0.25, 0.3) is 0 Å². The van der Waals surface area contributed by atoms with Gasteiger partial charge in [-0.1, -0.05) is 16.8 Å². The standard InChI is InChI=1S/C21H17ClF2N4O5/c1-25-19(29)18(28-31-3)13-6-4-11(23)8-16(13)33-21-17(24)20(26-10-27-21)32-15-7-5-12(30-2)9-14(15)22/h4-10H,1-3H3,(H,25,29)/b28-18+. The zero-order valence-corrected chi connectivity index (χ0v) is 18.3. The SMILES string of the molecule is CNC(=O)/C(=N/OC)c1ccc(F)cc1Oc1ncnc(Oc2ccc(OC)cc2Cl)c1F. The molecule has 1 N–H and O–H groups in total. The molecule has 12 heteroatoms. The lowest BCUT2D eigenvalue weighted by Crippen LogP contribution is -2.29. The quantitative estimate of drug-likeness (QED) is 0.384. The van der Waals surface area contributed by atoms with Crippen molar-refractivity contribution in [1.29, 1.82) is 0 Å². The molecule has 0 saturated carbocycles. The van der Waals surface area contributed by atoms with Gasteiger partial charge in [0.2, 0.25) is 5.82 Å². The summed E-state index contributed by atoms with van der Waals surface area (Å²) in [6.45, 7) is 0. The van der Waals surface area contributed by atoms with Gasteiger partial charge in [0.05, 0.1) is 17.7 Å². The zero-order chi connectivity index (χ0) is 24.0. The molecule has 0 aliphatic carbocycles. The van der Waals surface area contributed by atoms with Crippen molar-refractivity contribution in [3.8, 4) is 29.0 Å². The summed E-state index contributed by atoms with van der Waals surface area (Å²) in [6, 6.07) is 7.74. The number of rotatable bonds is 8. The first-order chi connectivity index (χ1) is 15.9. The maximum absolute atomic E-state index is 15.1. The van der Waals surface area contributed by atoms with Crippen LogP contribution in [0, 0.1) is 11.6 Å². The Kier molecular flexibility index (Phi) is 7.57. The molecule has 0 aliphatic rings. The van der Waals surface area contributed by atoms with Crippen LogP contribution in [0.1, 0.15) is 5.56 Å². The number of hydrogen-bond donors (Lipinski definition) is 1. The molecule has 1 aromatic heterocycles. The van der Waals surface area contributed by atoms with Crippen LogP contribution in [0.15, 0.2) is 47.9 Å². The first kappa shape index (κ1) is 23.7. The van der Waals surface area contributed by atoms with Gasteiger partial charge in [0.25, 0.3) is 17.7 Å². The molecule has 2 aromatic carbocycles. The van der Waals surface area contributed by atoms with Crippen LogP contribution >= 0.6 is 11.6 Å². The Labute approximate surface area is 191 Å². The smallest absolute Gasteiger partial charge is 0.273 e. The van der Waals surface area contributed by atoms with Gasteiger partial charge in [-0.3, -0.25) is 4.79 Å². The van der Waals surface area contributed by atoms with Gasteiger partial charge in [0.15, 0.2) is 5.71 Å². The maximum atomic E-state index is 15.1. The largest absolute Gasteiger partial charge is 0.497 e. The number of carbonyl (C=O) groups is 1. The molecule has 0 fully saturated rings. The highest BCUT2D eigenvalue weighted by molar-refractivity contribution is 6.45. The van der Waals surface area contributed by atoms with Gasteiger partial charge in [0.1, 0.15) is 36.5 Å². The highest BCUT2D eigenvalue weighted by Gasteiger charge is 2.23. The predicted octanol–water partition coefficient (Wildman–Crippen LogP) is 4.10. The number of methoxy groups -OCH3 is 1. The Balaban J connectivity index is 1.98. The number of nitrogens with zero attached hydrogens (tertiary/aromatic N) is 3. The Hall–Kier alpha value is -3.99. The fourth-order valence-corrected chi connectivity index (χ4v) is 2.79. The third-order valence-corrected chi connectivity index (χ3v) is 4.40. The third-order valence-electron chi connectivity index (χ3n) is 4.10. The Morgan fingerprint density at radius 1 is 1.03 bits per heavy atom. The molecule has 172 valence electrons. The molecule has 0 bridgehead atoms. The summed E-state index contributed by atoms with van der Waals surface area (Å²) < 4.78 is 44.9. The number of nitrogens with one attached hydrogen (secondary N) is 1. The minimum absolute atomic E-state index is 0.0243. The number of hydrogen-bond acceptors (Lipinski definition) is 8. The number of likely N-dealkylation sites (N-methyl/N-ethyl adjacent to an activating group) is 1. The molecule has 3 aromatic rings. The summed E-state index contributed by atoms with van der Waals surface area (Å²) in [4.78, 5) is 24.3. The molecule has 0 unspecified atom stereocenters. The summed E-state index contributed by atoms with van der Waals surface area (Å²) in [7, 11) is 4.06. The van der Waals surface area contributed by atoms with E-state index in [1.165, 1.54) is 39.5 Å². The van der Waals surface area contributed by atoms with Gasteiger partial charge < -0.3 is 24.4 Å². The number of halogens is 3. The topological polar surface area (TPSA) is 104 Å². The van der Waals surface area contributed by atoms with Gasteiger partial charge in [-0.05, 0) is 24.3 Å². The van der Waals surface area contributed by atoms with Gasteiger partial charge in [-0.2, -0.15) is 14.4 Å². The summed E-state index contributed by atoms with van der Waals surface area (Å²) >= 11 is 6.12. The number of oxime groups is 1. The van der Waals surface area contributed by atoms with E-state index in [2.05, 4.69) is 20.4 Å². The van der Waals surface area contributed by atoms with Crippen LogP contribution in [0.4, 0.5) is 8.78 Å². The first-order valence-electron chi connectivity index (χ1n) is 9.20. The van der Waals surface area contributed by atoms with Crippen LogP contribution < -0.4 is 19.5 Å². The average Bonchev–Trinajstić information content (AvgIpc) is 2.81. The van der Waals surface area contributed by atoms with Crippen molar-refractivity contribution in [3.63, 3.8) is 0 Å². The van der Waals surface area contributed by atoms with Crippen LogP contribution in [0.3, 0.4) is 0 Å². The molecule has 1 amide bonds. The Morgan fingerprint density at radius 2 is 1.73 bits per heavy atom. The number of carbonyl (C=O) groups excluding carboxylic acids is 1. The number of amides is 1. The van der Waals surface area contributed by atoms with E-state index in [9.17, 15) is 9.18 Å². The second kappa shape index (κ2) is 10.6. The van der Waals surface area contributed by atoms with Crippen molar-refractivity contribution < 1.29 is 32.6 Å². The lowest BCUT2D eigenvalue weighted by molar-refractivity contribution is -0.114. The molecule has 0 aliphatic heterocycles. The minimum atomic E-state index is -1.09. The van der Waals surface area contributed by atoms with E-state index in [0.29, 0.717) is 5.75 Å². The fourth-order valence-electron chi connectivity index (χ4n) is 2.58. The van der Waals surface area contributed by atoms with E-state index in [1.807, 2.05) is 0 Å². The second-order valence-corrected chi connectivity index (χ2v) is 6.55. The van der Waals surface area contributed by atoms with Crippen molar-refractivity contribution in [2.75, 3.05) is 21.3 Å². The zero-order valence-electron chi connectivity index (χ0n) is 17.6. The lowest BCUT2D eigenvalue weighted by atomic mass is 10.1. The predicted molar refractivity (Wildman–Crippen MR) is 114 cm³/mol. The van der Waals surface area contributed by atoms with Crippen molar-refractivity contribution in [3.05, 3.63) is 64.9 Å². The number of ether oxygens (including phenoxy) is 3. The summed E-state index contributed by atoms with van der Waals surface area (Å²) in [6.07, 6.45) is 0.979. The molecule has 0 saturated heterocycles. The van der Waals surface area contributed by atoms with Crippen molar-refractivity contribution in [1.82, 2.24) is 15.3 Å².